The van der Waals surface area contributed by atoms with E-state index in [1.807, 2.05) is 18.2 Å². The molecular weight excluding hydrogens is 503 g/mol. The highest BCUT2D eigenvalue weighted by Gasteiger charge is 2.35. The maximum Gasteiger partial charge on any atom is 0.435 e. The van der Waals surface area contributed by atoms with Crippen molar-refractivity contribution < 1.29 is 22.8 Å². The van der Waals surface area contributed by atoms with Gasteiger partial charge in [0.15, 0.2) is 11.5 Å². The van der Waals surface area contributed by atoms with Crippen LogP contribution in [0.15, 0.2) is 30.3 Å². The van der Waals surface area contributed by atoms with Gasteiger partial charge in [0.05, 0.1) is 11.0 Å². The molecule has 1 saturated heterocycles. The number of alkyl halides is 3. The molecule has 1 unspecified atom stereocenters. The van der Waals surface area contributed by atoms with Gasteiger partial charge in [-0.2, -0.15) is 18.3 Å². The van der Waals surface area contributed by atoms with Crippen LogP contribution in [0, 0.1) is 6.92 Å². The molecule has 0 radical (unpaired) electrons. The van der Waals surface area contributed by atoms with Gasteiger partial charge in [0.1, 0.15) is 17.1 Å². The van der Waals surface area contributed by atoms with Crippen molar-refractivity contribution in [3.05, 3.63) is 68.4 Å². The van der Waals surface area contributed by atoms with Crippen molar-refractivity contribution in [2.45, 2.75) is 63.7 Å². The second kappa shape index (κ2) is 10.4. The molecule has 1 atom stereocenters. The van der Waals surface area contributed by atoms with Gasteiger partial charge >= 0.3 is 6.18 Å². The van der Waals surface area contributed by atoms with Crippen LogP contribution in [0.2, 0.25) is 0 Å². The van der Waals surface area contributed by atoms with Crippen LogP contribution in [0.4, 0.5) is 13.2 Å². The SMILES string of the molecule is Cc1cc(C(F)(F)F)nn1CC(=O)c1sc(C2CCNCC2)nc1C(=O)NC1CCCc2ccccc21. The molecule has 3 heterocycles. The number of aromatic nitrogens is 3. The zero-order valence-electron chi connectivity index (χ0n) is 20.4. The van der Waals surface area contributed by atoms with E-state index in [-0.39, 0.29) is 28.2 Å². The van der Waals surface area contributed by atoms with E-state index in [0.29, 0.717) is 5.01 Å². The van der Waals surface area contributed by atoms with Crippen LogP contribution >= 0.6 is 11.3 Å². The Morgan fingerprint density at radius 1 is 1.19 bits per heavy atom. The zero-order chi connectivity index (χ0) is 26.2. The van der Waals surface area contributed by atoms with Gasteiger partial charge in [0.25, 0.3) is 5.91 Å². The first-order valence-corrected chi connectivity index (χ1v) is 13.3. The Kier molecular flexibility index (Phi) is 7.17. The number of nitrogens with one attached hydrogen (secondary N) is 2. The molecule has 2 aromatic heterocycles. The summed E-state index contributed by atoms with van der Waals surface area (Å²) in [4.78, 5) is 31.7. The average Bonchev–Trinajstić information content (AvgIpc) is 3.49. The monoisotopic (exact) mass is 531 g/mol. The molecule has 1 aliphatic heterocycles. The first-order valence-electron chi connectivity index (χ1n) is 12.5. The molecule has 1 amide bonds. The van der Waals surface area contributed by atoms with Crippen LogP contribution < -0.4 is 10.6 Å². The Morgan fingerprint density at radius 3 is 2.68 bits per heavy atom. The lowest BCUT2D eigenvalue weighted by Gasteiger charge is -2.26. The van der Waals surface area contributed by atoms with E-state index in [1.54, 1.807) is 0 Å². The van der Waals surface area contributed by atoms with E-state index in [1.165, 1.54) is 23.8 Å². The molecule has 2 aliphatic rings. The van der Waals surface area contributed by atoms with Gasteiger partial charge in [-0.3, -0.25) is 14.3 Å². The Bertz CT molecular complexity index is 1310. The highest BCUT2D eigenvalue weighted by Crippen LogP contribution is 2.34. The van der Waals surface area contributed by atoms with Crippen molar-refractivity contribution in [3.63, 3.8) is 0 Å². The summed E-state index contributed by atoms with van der Waals surface area (Å²) in [7, 11) is 0. The van der Waals surface area contributed by atoms with Gasteiger partial charge in [-0.15, -0.1) is 11.3 Å². The van der Waals surface area contributed by atoms with E-state index in [0.717, 1.165) is 61.5 Å². The third kappa shape index (κ3) is 5.47. The van der Waals surface area contributed by atoms with Crippen molar-refractivity contribution in [1.29, 1.82) is 0 Å². The average molecular weight is 532 g/mol. The third-order valence-corrected chi connectivity index (χ3v) is 8.30. The summed E-state index contributed by atoms with van der Waals surface area (Å²) >= 11 is 1.17. The van der Waals surface area contributed by atoms with Crippen LogP contribution in [0.25, 0.3) is 0 Å². The van der Waals surface area contributed by atoms with Gasteiger partial charge in [0.2, 0.25) is 0 Å². The minimum absolute atomic E-state index is 0.0486. The van der Waals surface area contributed by atoms with Crippen molar-refractivity contribution in [3.8, 4) is 0 Å². The van der Waals surface area contributed by atoms with Crippen LogP contribution in [0.3, 0.4) is 0 Å². The summed E-state index contributed by atoms with van der Waals surface area (Å²) in [5.41, 5.74) is 1.47. The molecule has 3 aromatic rings. The number of carbonyl (C=O) groups is 2. The quantitative estimate of drug-likeness (QED) is 0.445. The van der Waals surface area contributed by atoms with E-state index in [9.17, 15) is 22.8 Å². The summed E-state index contributed by atoms with van der Waals surface area (Å²) in [6.45, 7) is 2.71. The predicted octanol–water partition coefficient (Wildman–Crippen LogP) is 4.82. The summed E-state index contributed by atoms with van der Waals surface area (Å²) in [6, 6.07) is 8.71. The Labute approximate surface area is 216 Å². The summed E-state index contributed by atoms with van der Waals surface area (Å²) in [6.07, 6.45) is -0.259. The Balaban J connectivity index is 1.43. The molecule has 0 saturated carbocycles. The summed E-state index contributed by atoms with van der Waals surface area (Å²) in [5, 5.41) is 10.7. The molecule has 0 bridgehead atoms. The second-order valence-corrected chi connectivity index (χ2v) is 10.7. The Morgan fingerprint density at radius 2 is 1.95 bits per heavy atom. The number of nitrogens with zero attached hydrogens (tertiary/aromatic N) is 3. The first kappa shape index (κ1) is 25.6. The van der Waals surface area contributed by atoms with Crippen molar-refractivity contribution in [2.24, 2.45) is 0 Å². The van der Waals surface area contributed by atoms with Crippen LogP contribution in [-0.2, 0) is 19.1 Å². The lowest BCUT2D eigenvalue weighted by Crippen LogP contribution is -2.32. The molecule has 5 rings (SSSR count). The molecule has 0 spiro atoms. The van der Waals surface area contributed by atoms with Crippen molar-refractivity contribution >= 4 is 23.0 Å². The number of hydrogen-bond donors (Lipinski definition) is 2. The van der Waals surface area contributed by atoms with E-state index in [4.69, 9.17) is 0 Å². The smallest absolute Gasteiger partial charge is 0.344 e. The van der Waals surface area contributed by atoms with Gasteiger partial charge in [-0.25, -0.2) is 4.98 Å². The third-order valence-electron chi connectivity index (χ3n) is 7.04. The topological polar surface area (TPSA) is 88.9 Å². The molecule has 2 N–H and O–H groups in total. The summed E-state index contributed by atoms with van der Waals surface area (Å²) in [5.74, 6) is -0.792. The van der Waals surface area contributed by atoms with Crippen LogP contribution in [0.1, 0.15) is 85.3 Å². The van der Waals surface area contributed by atoms with Crippen LogP contribution in [-0.4, -0.2) is 39.5 Å². The number of fused-ring (bicyclic) bond motifs is 1. The van der Waals surface area contributed by atoms with E-state index >= 15 is 0 Å². The van der Waals surface area contributed by atoms with E-state index < -0.39 is 30.1 Å². The number of Topliss-reactive ketones (excluding diaryl/α,β-unsaturated/α-hetero) is 1. The molecule has 1 aromatic carbocycles. The number of carbonyl (C=O) groups excluding carboxylic acids is 2. The molecular formula is C26H28F3N5O2S. The number of piperidine rings is 1. The van der Waals surface area contributed by atoms with Gasteiger partial charge in [0, 0.05) is 11.6 Å². The minimum atomic E-state index is -4.60. The zero-order valence-corrected chi connectivity index (χ0v) is 21.2. The highest BCUT2D eigenvalue weighted by atomic mass is 32.1. The van der Waals surface area contributed by atoms with Crippen molar-refractivity contribution in [1.82, 2.24) is 25.4 Å². The number of ketones is 1. The lowest BCUT2D eigenvalue weighted by molar-refractivity contribution is -0.141. The van der Waals surface area contributed by atoms with E-state index in [2.05, 4.69) is 26.8 Å². The van der Waals surface area contributed by atoms with Gasteiger partial charge in [-0.1, -0.05) is 24.3 Å². The van der Waals surface area contributed by atoms with Crippen molar-refractivity contribution in [2.75, 3.05) is 13.1 Å². The van der Waals surface area contributed by atoms with Crippen LogP contribution in [0.5, 0.6) is 0 Å². The standard InChI is InChI=1S/C26H28F3N5O2S/c1-15-13-21(26(27,28)29)33-34(15)14-20(35)23-22(32-25(37-23)17-9-11-30-12-10-17)24(36)31-19-8-4-6-16-5-2-3-7-18(16)19/h2-3,5,7,13,17,19,30H,4,6,8-12,14H2,1H3,(H,31,36). The highest BCUT2D eigenvalue weighted by molar-refractivity contribution is 7.14. The fraction of sp³-hybridized carbons (Fsp3) is 0.462. The maximum absolute atomic E-state index is 13.5. The number of amides is 1. The number of rotatable bonds is 6. The molecule has 37 heavy (non-hydrogen) atoms. The normalized spacial score (nSPS) is 18.4. The molecule has 196 valence electrons. The fourth-order valence-electron chi connectivity index (χ4n) is 5.07. The summed E-state index contributed by atoms with van der Waals surface area (Å²) < 4.78 is 40.4. The predicted molar refractivity (Wildman–Crippen MR) is 133 cm³/mol. The number of thiazole rings is 1. The number of aryl methyl sites for hydroxylation is 2. The lowest BCUT2D eigenvalue weighted by atomic mass is 9.87. The first-order chi connectivity index (χ1) is 17.7. The molecule has 11 heteroatoms. The maximum atomic E-state index is 13.5. The molecule has 7 nitrogen and oxygen atoms in total. The fourth-order valence-corrected chi connectivity index (χ4v) is 6.23. The minimum Gasteiger partial charge on any atom is -0.344 e. The molecule has 1 fully saturated rings. The second-order valence-electron chi connectivity index (χ2n) is 9.62. The number of halogens is 3. The van der Waals surface area contributed by atoms with Gasteiger partial charge in [-0.05, 0) is 69.3 Å². The van der Waals surface area contributed by atoms with Gasteiger partial charge < -0.3 is 10.6 Å². The molecule has 1 aliphatic carbocycles. The number of hydrogen-bond acceptors (Lipinski definition) is 6. The number of benzene rings is 1. The largest absolute Gasteiger partial charge is 0.435 e. The Hall–Kier alpha value is -3.05.